The molecule has 0 spiro atoms. The average Bonchev–Trinajstić information content (AvgIpc) is 3.99. The van der Waals surface area contributed by atoms with Crippen molar-refractivity contribution in [3.8, 4) is 67.3 Å². The van der Waals surface area contributed by atoms with Crippen LogP contribution in [0.15, 0.2) is 168 Å². The fourth-order valence-corrected chi connectivity index (χ4v) is 9.24. The molecule has 0 bridgehead atoms. The Bertz CT molecular complexity index is 3060. The van der Waals surface area contributed by atoms with Crippen LogP contribution in [0.25, 0.3) is 109 Å². The van der Waals surface area contributed by atoms with E-state index in [1.54, 1.807) is 22.7 Å². The average molecular weight is 742 g/mol. The molecule has 8 heteroatoms. The van der Waals surface area contributed by atoms with Crippen molar-refractivity contribution in [2.75, 3.05) is 0 Å². The Morgan fingerprint density at radius 3 is 1.85 bits per heavy atom. The molecule has 0 atom stereocenters. The topological polar surface area (TPSA) is 77.6 Å². The van der Waals surface area contributed by atoms with Gasteiger partial charge in [-0.15, -0.1) is 22.7 Å². The second-order valence-corrected chi connectivity index (χ2v) is 15.4. The molecular weight excluding hydrogens is 715 g/mol. The molecule has 0 saturated heterocycles. The van der Waals surface area contributed by atoms with Crippen LogP contribution in [0.3, 0.4) is 0 Å². The van der Waals surface area contributed by atoms with Crippen molar-refractivity contribution in [3.63, 3.8) is 0 Å². The van der Waals surface area contributed by atoms with Crippen molar-refractivity contribution >= 4 is 64.2 Å². The Morgan fingerprint density at radius 2 is 1.02 bits per heavy atom. The second-order valence-electron chi connectivity index (χ2n) is 13.3. The summed E-state index contributed by atoms with van der Waals surface area (Å²) in [6.07, 6.45) is 0. The minimum absolute atomic E-state index is 0.519. The Labute approximate surface area is 323 Å². The van der Waals surface area contributed by atoms with E-state index in [2.05, 4.69) is 115 Å². The van der Waals surface area contributed by atoms with E-state index >= 15 is 0 Å². The number of rotatable bonds is 6. The van der Waals surface area contributed by atoms with Gasteiger partial charge in [0, 0.05) is 48.0 Å². The molecule has 4 heterocycles. The van der Waals surface area contributed by atoms with Crippen LogP contribution in [0.2, 0.25) is 0 Å². The molecule has 0 unspecified atom stereocenters. The normalized spacial score (nSPS) is 11.6. The van der Waals surface area contributed by atoms with Gasteiger partial charge in [-0.25, -0.2) is 24.9 Å². The third kappa shape index (κ3) is 5.67. The Morgan fingerprint density at radius 1 is 0.382 bits per heavy atom. The van der Waals surface area contributed by atoms with Crippen LogP contribution in [0, 0.1) is 0 Å². The maximum absolute atomic E-state index is 6.33. The number of para-hydroxylation sites is 3. The van der Waals surface area contributed by atoms with Gasteiger partial charge in [0.05, 0.1) is 10.2 Å². The van der Waals surface area contributed by atoms with Crippen molar-refractivity contribution < 1.29 is 4.42 Å². The molecule has 0 saturated carbocycles. The number of thiazole rings is 1. The SMILES string of the molecule is c1ccc(-c2ccc(-c3nc(-c4cc(-c5nc6ccccc6o5)cc(-c5nc6ccccc6s5)c4)nc(-c4cccc5sc6ccccc6c45)n3)cc2)cc1. The molecule has 0 aliphatic heterocycles. The quantitative estimate of drug-likeness (QED) is 0.169. The van der Waals surface area contributed by atoms with E-state index < -0.39 is 0 Å². The highest BCUT2D eigenvalue weighted by atomic mass is 32.1. The van der Waals surface area contributed by atoms with Crippen molar-refractivity contribution in [3.05, 3.63) is 164 Å². The number of thiophene rings is 1. The maximum Gasteiger partial charge on any atom is 0.227 e. The lowest BCUT2D eigenvalue weighted by Gasteiger charge is -2.11. The van der Waals surface area contributed by atoms with Gasteiger partial charge >= 0.3 is 0 Å². The number of aromatic nitrogens is 5. The summed E-state index contributed by atoms with van der Waals surface area (Å²) in [5.74, 6) is 2.26. The summed E-state index contributed by atoms with van der Waals surface area (Å²) in [6.45, 7) is 0. The Hall–Kier alpha value is -6.87. The van der Waals surface area contributed by atoms with Crippen LogP contribution < -0.4 is 0 Å². The van der Waals surface area contributed by atoms with Crippen LogP contribution in [-0.4, -0.2) is 24.9 Å². The summed E-state index contributed by atoms with van der Waals surface area (Å²) in [7, 11) is 0. The van der Waals surface area contributed by atoms with E-state index in [4.69, 9.17) is 29.3 Å². The number of benzene rings is 7. The third-order valence-corrected chi connectivity index (χ3v) is 12.0. The largest absolute Gasteiger partial charge is 0.436 e. The summed E-state index contributed by atoms with van der Waals surface area (Å²) in [6, 6.07) is 56.0. The van der Waals surface area contributed by atoms with Crippen LogP contribution >= 0.6 is 22.7 Å². The van der Waals surface area contributed by atoms with Gasteiger partial charge in [-0.05, 0) is 65.7 Å². The van der Waals surface area contributed by atoms with Crippen LogP contribution in [0.5, 0.6) is 0 Å². The number of nitrogens with zero attached hydrogens (tertiary/aromatic N) is 5. The Kier molecular flexibility index (Phi) is 7.43. The molecule has 7 aromatic carbocycles. The van der Waals surface area contributed by atoms with Gasteiger partial charge in [0.1, 0.15) is 10.5 Å². The van der Waals surface area contributed by atoms with E-state index in [1.807, 2.05) is 48.5 Å². The van der Waals surface area contributed by atoms with Gasteiger partial charge in [0.2, 0.25) is 5.89 Å². The van der Waals surface area contributed by atoms with Gasteiger partial charge in [0.15, 0.2) is 23.1 Å². The molecule has 0 radical (unpaired) electrons. The fraction of sp³-hybridized carbons (Fsp3) is 0. The molecule has 55 heavy (non-hydrogen) atoms. The Balaban J connectivity index is 1.14. The third-order valence-electron chi connectivity index (χ3n) is 9.80. The second kappa shape index (κ2) is 12.9. The predicted octanol–water partition coefficient (Wildman–Crippen LogP) is 13.0. The molecule has 6 nitrogen and oxygen atoms in total. The van der Waals surface area contributed by atoms with E-state index in [0.717, 1.165) is 70.7 Å². The molecule has 0 aliphatic carbocycles. The van der Waals surface area contributed by atoms with Gasteiger partial charge < -0.3 is 4.42 Å². The van der Waals surface area contributed by atoms with Gasteiger partial charge in [-0.2, -0.15) is 0 Å². The molecule has 4 aromatic heterocycles. The number of fused-ring (bicyclic) bond motifs is 5. The van der Waals surface area contributed by atoms with E-state index in [0.29, 0.717) is 23.4 Å². The molecule has 0 amide bonds. The van der Waals surface area contributed by atoms with Crippen molar-refractivity contribution in [1.82, 2.24) is 24.9 Å². The first kappa shape index (κ1) is 31.6. The smallest absolute Gasteiger partial charge is 0.227 e. The lowest BCUT2D eigenvalue weighted by atomic mass is 10.0. The maximum atomic E-state index is 6.33. The highest BCUT2D eigenvalue weighted by Gasteiger charge is 2.20. The first-order valence-electron chi connectivity index (χ1n) is 17.9. The zero-order chi connectivity index (χ0) is 36.3. The first-order chi connectivity index (χ1) is 27.2. The fourth-order valence-electron chi connectivity index (χ4n) is 7.15. The standard InChI is InChI=1S/C47H27N5OS2/c1-2-11-28(12-3-1)29-21-23-30(24-22-29)43-50-44(52-45(51-43)35-14-10-20-41-42(35)34-13-4-8-18-39(34)54-41)31-25-32(46-48-36-15-5-7-17-38(36)53-46)27-33(26-31)47-49-37-16-6-9-19-40(37)55-47/h1-27H. The van der Waals surface area contributed by atoms with E-state index in [-0.39, 0.29) is 0 Å². The molecule has 11 rings (SSSR count). The van der Waals surface area contributed by atoms with Crippen LogP contribution in [-0.2, 0) is 0 Å². The minimum atomic E-state index is 0.519. The monoisotopic (exact) mass is 741 g/mol. The summed E-state index contributed by atoms with van der Waals surface area (Å²) in [4.78, 5) is 25.6. The number of oxazole rings is 1. The van der Waals surface area contributed by atoms with E-state index in [9.17, 15) is 0 Å². The van der Waals surface area contributed by atoms with Crippen molar-refractivity contribution in [1.29, 1.82) is 0 Å². The minimum Gasteiger partial charge on any atom is -0.436 e. The van der Waals surface area contributed by atoms with Crippen LogP contribution in [0.4, 0.5) is 0 Å². The summed E-state index contributed by atoms with van der Waals surface area (Å²) < 4.78 is 9.86. The predicted molar refractivity (Wildman–Crippen MR) is 226 cm³/mol. The zero-order valence-electron chi connectivity index (χ0n) is 29.0. The summed E-state index contributed by atoms with van der Waals surface area (Å²) in [5, 5.41) is 3.21. The molecule has 258 valence electrons. The number of hydrogen-bond donors (Lipinski definition) is 0. The molecular formula is C47H27N5OS2. The molecule has 0 aliphatic rings. The first-order valence-corrected chi connectivity index (χ1v) is 19.5. The number of hydrogen-bond acceptors (Lipinski definition) is 8. The van der Waals surface area contributed by atoms with Gasteiger partial charge in [-0.3, -0.25) is 0 Å². The van der Waals surface area contributed by atoms with E-state index in [1.165, 1.54) is 14.8 Å². The summed E-state index contributed by atoms with van der Waals surface area (Å²) in [5.41, 5.74) is 9.16. The molecule has 0 N–H and O–H groups in total. The van der Waals surface area contributed by atoms with Gasteiger partial charge in [0.25, 0.3) is 0 Å². The van der Waals surface area contributed by atoms with Crippen LogP contribution in [0.1, 0.15) is 0 Å². The van der Waals surface area contributed by atoms with Gasteiger partial charge in [-0.1, -0.05) is 109 Å². The lowest BCUT2D eigenvalue weighted by molar-refractivity contribution is 0.620. The molecule has 11 aromatic rings. The summed E-state index contributed by atoms with van der Waals surface area (Å²) >= 11 is 3.43. The highest BCUT2D eigenvalue weighted by Crippen LogP contribution is 2.41. The molecule has 0 fully saturated rings. The van der Waals surface area contributed by atoms with Crippen molar-refractivity contribution in [2.24, 2.45) is 0 Å². The lowest BCUT2D eigenvalue weighted by Crippen LogP contribution is -2.01. The highest BCUT2D eigenvalue weighted by molar-refractivity contribution is 7.26. The zero-order valence-corrected chi connectivity index (χ0v) is 30.7. The van der Waals surface area contributed by atoms with Crippen molar-refractivity contribution in [2.45, 2.75) is 0 Å².